The lowest BCUT2D eigenvalue weighted by Crippen LogP contribution is -2.57. The molecule has 5 nitrogen and oxygen atoms in total. The van der Waals surface area contributed by atoms with Crippen molar-refractivity contribution in [2.45, 2.75) is 31.7 Å². The van der Waals surface area contributed by atoms with Crippen LogP contribution in [0.5, 0.6) is 0 Å². The Morgan fingerprint density at radius 1 is 1.36 bits per heavy atom. The highest BCUT2D eigenvalue weighted by Crippen LogP contribution is 2.24. The Hall–Kier alpha value is -1.30. The summed E-state index contributed by atoms with van der Waals surface area (Å²) in [5.41, 5.74) is 0.938. The van der Waals surface area contributed by atoms with Crippen molar-refractivity contribution in [1.29, 1.82) is 0 Å². The Kier molecular flexibility index (Phi) is 7.11. The molecular weight excluding hydrogens is 361 g/mol. The minimum Gasteiger partial charge on any atom is -0.340 e. The van der Waals surface area contributed by atoms with Gasteiger partial charge in [0.25, 0.3) is 0 Å². The lowest BCUT2D eigenvalue weighted by atomic mass is 9.97. The number of benzene rings is 1. The second kappa shape index (κ2) is 8.88. The Labute approximate surface area is 160 Å². The smallest absolute Gasteiger partial charge is 0.236 e. The lowest BCUT2D eigenvalue weighted by Gasteiger charge is -2.41. The predicted molar refractivity (Wildman–Crippen MR) is 101 cm³/mol. The van der Waals surface area contributed by atoms with Crippen LogP contribution in [-0.2, 0) is 9.59 Å². The van der Waals surface area contributed by atoms with Crippen LogP contribution in [0.2, 0.25) is 5.02 Å². The highest BCUT2D eigenvalue weighted by Gasteiger charge is 2.33. The van der Waals surface area contributed by atoms with E-state index in [1.54, 1.807) is 0 Å². The molecule has 0 radical (unpaired) electrons. The number of piperidine rings is 1. The molecule has 1 aromatic rings. The first-order valence-electron chi connectivity index (χ1n) is 8.60. The second-order valence-electron chi connectivity index (χ2n) is 6.62. The molecule has 2 fully saturated rings. The molecular formula is C18H25Cl2N3O2. The fourth-order valence-corrected chi connectivity index (χ4v) is 3.81. The molecule has 25 heavy (non-hydrogen) atoms. The largest absolute Gasteiger partial charge is 0.340 e. The van der Waals surface area contributed by atoms with Gasteiger partial charge in [0.05, 0.1) is 12.5 Å². The van der Waals surface area contributed by atoms with Gasteiger partial charge < -0.3 is 15.1 Å². The van der Waals surface area contributed by atoms with Crippen LogP contribution in [0.15, 0.2) is 24.3 Å². The number of carbonyl (C=O) groups is 2. The highest BCUT2D eigenvalue weighted by atomic mass is 35.5. The van der Waals surface area contributed by atoms with Crippen molar-refractivity contribution in [2.24, 2.45) is 0 Å². The van der Waals surface area contributed by atoms with Crippen LogP contribution in [0, 0.1) is 0 Å². The molecule has 7 heteroatoms. The molecule has 2 aliphatic heterocycles. The van der Waals surface area contributed by atoms with Crippen molar-refractivity contribution in [3.63, 3.8) is 0 Å². The molecule has 0 aliphatic carbocycles. The van der Waals surface area contributed by atoms with Gasteiger partial charge in [-0.15, -0.1) is 12.4 Å². The number of amides is 2. The van der Waals surface area contributed by atoms with Gasteiger partial charge in [-0.3, -0.25) is 9.59 Å². The van der Waals surface area contributed by atoms with Gasteiger partial charge in [-0.05, 0) is 37.5 Å². The lowest BCUT2D eigenvalue weighted by molar-refractivity contribution is -0.141. The summed E-state index contributed by atoms with van der Waals surface area (Å²) in [5, 5.41) is 3.75. The number of nitrogens with one attached hydrogen (secondary N) is 1. The molecule has 2 heterocycles. The molecule has 0 saturated carbocycles. The maximum Gasteiger partial charge on any atom is 0.236 e. The fraction of sp³-hybridized carbons (Fsp3) is 0.556. The minimum atomic E-state index is -0.221. The Morgan fingerprint density at radius 2 is 2.16 bits per heavy atom. The number of piperazine rings is 1. The number of halogens is 2. The zero-order valence-corrected chi connectivity index (χ0v) is 16.0. The van der Waals surface area contributed by atoms with Crippen LogP contribution in [0.4, 0.5) is 0 Å². The van der Waals surface area contributed by atoms with Gasteiger partial charge in [0.1, 0.15) is 0 Å². The maximum atomic E-state index is 12.9. The number of carbonyl (C=O) groups excluding carboxylic acids is 2. The van der Waals surface area contributed by atoms with Gasteiger partial charge >= 0.3 is 0 Å². The van der Waals surface area contributed by atoms with Crippen molar-refractivity contribution < 1.29 is 9.59 Å². The van der Waals surface area contributed by atoms with Gasteiger partial charge in [0.15, 0.2) is 0 Å². The van der Waals surface area contributed by atoms with Crippen molar-refractivity contribution in [1.82, 2.24) is 15.1 Å². The number of likely N-dealkylation sites (tertiary alicyclic amines) is 1. The normalized spacial score (nSPS) is 22.3. The average Bonchev–Trinajstić information content (AvgIpc) is 2.61. The van der Waals surface area contributed by atoms with Gasteiger partial charge in [-0.25, -0.2) is 0 Å². The maximum absolute atomic E-state index is 12.9. The summed E-state index contributed by atoms with van der Waals surface area (Å²) in [7, 11) is 0. The zero-order chi connectivity index (χ0) is 17.1. The third-order valence-corrected chi connectivity index (χ3v) is 5.23. The van der Waals surface area contributed by atoms with E-state index in [-0.39, 0.29) is 36.2 Å². The topological polar surface area (TPSA) is 52.7 Å². The molecule has 0 aromatic heterocycles. The monoisotopic (exact) mass is 385 g/mol. The van der Waals surface area contributed by atoms with Crippen molar-refractivity contribution in [2.75, 3.05) is 32.7 Å². The molecule has 2 saturated heterocycles. The molecule has 138 valence electrons. The summed E-state index contributed by atoms with van der Waals surface area (Å²) >= 11 is 6.05. The first-order chi connectivity index (χ1) is 11.6. The van der Waals surface area contributed by atoms with E-state index in [0.29, 0.717) is 18.1 Å². The molecule has 0 bridgehead atoms. The van der Waals surface area contributed by atoms with E-state index < -0.39 is 0 Å². The van der Waals surface area contributed by atoms with Crippen LogP contribution >= 0.6 is 24.0 Å². The summed E-state index contributed by atoms with van der Waals surface area (Å²) in [6.07, 6.45) is 1.91. The first-order valence-corrected chi connectivity index (χ1v) is 8.98. The van der Waals surface area contributed by atoms with Crippen molar-refractivity contribution in [3.05, 3.63) is 34.9 Å². The SMILES string of the molecule is CC(C(=O)N1CCCC(N2CCNCC2=O)C1)c1cccc(Cl)c1.Cl. The van der Waals surface area contributed by atoms with E-state index in [1.165, 1.54) is 0 Å². The summed E-state index contributed by atoms with van der Waals surface area (Å²) in [6, 6.07) is 7.62. The molecule has 1 N–H and O–H groups in total. The Bertz CT molecular complexity index is 626. The van der Waals surface area contributed by atoms with Crippen molar-refractivity contribution >= 4 is 35.8 Å². The van der Waals surface area contributed by atoms with E-state index >= 15 is 0 Å². The van der Waals surface area contributed by atoms with E-state index in [1.807, 2.05) is 41.0 Å². The van der Waals surface area contributed by atoms with E-state index in [0.717, 1.165) is 38.0 Å². The molecule has 2 amide bonds. The zero-order valence-electron chi connectivity index (χ0n) is 14.4. The van der Waals surface area contributed by atoms with E-state index in [9.17, 15) is 9.59 Å². The van der Waals surface area contributed by atoms with Gasteiger partial charge in [0.2, 0.25) is 11.8 Å². The summed E-state index contributed by atoms with van der Waals surface area (Å²) in [6.45, 7) is 5.29. The molecule has 3 rings (SSSR count). The van der Waals surface area contributed by atoms with Crippen molar-refractivity contribution in [3.8, 4) is 0 Å². The standard InChI is InChI=1S/C18H24ClN3O2.ClH/c1-13(14-4-2-5-15(19)10-14)18(24)21-8-3-6-16(12-21)22-9-7-20-11-17(22)23;/h2,4-5,10,13,16,20H,3,6-9,11-12H2,1H3;1H. The van der Waals surface area contributed by atoms with E-state index in [2.05, 4.69) is 5.32 Å². The molecule has 2 unspecified atom stereocenters. The summed E-state index contributed by atoms with van der Waals surface area (Å²) in [5.74, 6) is 0.0363. The minimum absolute atomic E-state index is 0. The van der Waals surface area contributed by atoms with Gasteiger partial charge in [-0.2, -0.15) is 0 Å². The number of hydrogen-bond acceptors (Lipinski definition) is 3. The Morgan fingerprint density at radius 3 is 2.88 bits per heavy atom. The van der Waals surface area contributed by atoms with Crippen LogP contribution in [0.1, 0.15) is 31.2 Å². The van der Waals surface area contributed by atoms with Gasteiger partial charge in [0, 0.05) is 37.2 Å². The van der Waals surface area contributed by atoms with E-state index in [4.69, 9.17) is 11.6 Å². The summed E-state index contributed by atoms with van der Waals surface area (Å²) in [4.78, 5) is 28.9. The fourth-order valence-electron chi connectivity index (χ4n) is 3.61. The number of nitrogens with zero attached hydrogens (tertiary/aromatic N) is 2. The second-order valence-corrected chi connectivity index (χ2v) is 7.06. The Balaban J connectivity index is 0.00000225. The number of rotatable bonds is 3. The molecule has 2 aliphatic rings. The highest BCUT2D eigenvalue weighted by molar-refractivity contribution is 6.30. The average molecular weight is 386 g/mol. The molecule has 2 atom stereocenters. The predicted octanol–water partition coefficient (Wildman–Crippen LogP) is 2.29. The van der Waals surface area contributed by atoms with Crippen LogP contribution < -0.4 is 5.32 Å². The van der Waals surface area contributed by atoms with Gasteiger partial charge in [-0.1, -0.05) is 23.7 Å². The molecule has 0 spiro atoms. The summed E-state index contributed by atoms with van der Waals surface area (Å²) < 4.78 is 0. The van der Waals surface area contributed by atoms with Crippen LogP contribution in [-0.4, -0.2) is 60.4 Å². The third kappa shape index (κ3) is 4.66. The van der Waals surface area contributed by atoms with Crippen LogP contribution in [0.25, 0.3) is 0 Å². The quantitative estimate of drug-likeness (QED) is 0.868. The first kappa shape index (κ1) is 20.0. The van der Waals surface area contributed by atoms with Crippen LogP contribution in [0.3, 0.4) is 0 Å². The third-order valence-electron chi connectivity index (χ3n) is 4.99. The molecule has 1 aromatic carbocycles. The number of hydrogen-bond donors (Lipinski definition) is 1.